The highest BCUT2D eigenvalue weighted by atomic mass is 35.5. The van der Waals surface area contributed by atoms with Crippen LogP contribution < -0.4 is 0 Å². The molecule has 2 heterocycles. The fraction of sp³-hybridized carbons (Fsp3) is 0.130. The van der Waals surface area contributed by atoms with Crippen LogP contribution in [-0.2, 0) is 17.5 Å². The van der Waals surface area contributed by atoms with Gasteiger partial charge in [-0.2, -0.15) is 13.2 Å². The van der Waals surface area contributed by atoms with Crippen LogP contribution >= 0.6 is 11.6 Å². The molecule has 0 unspecified atom stereocenters. The summed E-state index contributed by atoms with van der Waals surface area (Å²) in [5, 5.41) is -0.0271. The van der Waals surface area contributed by atoms with E-state index in [1.54, 1.807) is 16.7 Å². The van der Waals surface area contributed by atoms with Crippen molar-refractivity contribution in [3.8, 4) is 11.1 Å². The first-order valence-corrected chi connectivity index (χ1v) is 9.75. The molecule has 0 aliphatic carbocycles. The van der Waals surface area contributed by atoms with E-state index in [4.69, 9.17) is 11.6 Å². The number of alkyl halides is 3. The van der Waals surface area contributed by atoms with Crippen LogP contribution in [0.1, 0.15) is 21.5 Å². The van der Waals surface area contributed by atoms with Crippen LogP contribution in [0.3, 0.4) is 0 Å². The minimum absolute atomic E-state index is 0.0271. The van der Waals surface area contributed by atoms with Crippen molar-refractivity contribution in [2.75, 3.05) is 7.11 Å². The lowest BCUT2D eigenvalue weighted by atomic mass is 10.0. The predicted octanol–water partition coefficient (Wildman–Crippen LogP) is 6.35. The quantitative estimate of drug-likeness (QED) is 0.262. The highest BCUT2D eigenvalue weighted by Gasteiger charge is 2.34. The van der Waals surface area contributed by atoms with E-state index in [2.05, 4.69) is 9.72 Å². The normalized spacial score (nSPS) is 11.7. The van der Waals surface area contributed by atoms with E-state index in [1.165, 1.54) is 43.8 Å². The third kappa shape index (κ3) is 3.93. The molecule has 0 saturated heterocycles. The summed E-state index contributed by atoms with van der Waals surface area (Å²) in [6.45, 7) is -0.196. The lowest BCUT2D eigenvalue weighted by Crippen LogP contribution is -2.12. The Morgan fingerprint density at radius 1 is 1.12 bits per heavy atom. The number of esters is 1. The second-order valence-corrected chi connectivity index (χ2v) is 7.40. The zero-order chi connectivity index (χ0) is 23.0. The van der Waals surface area contributed by atoms with Gasteiger partial charge in [0.1, 0.15) is 5.82 Å². The summed E-state index contributed by atoms with van der Waals surface area (Å²) in [5.74, 6) is -1.37. The number of nitrogens with zero attached hydrogens (tertiary/aromatic N) is 2. The van der Waals surface area contributed by atoms with Gasteiger partial charge in [0, 0.05) is 40.7 Å². The standard InChI is InChI=1S/C23H15ClF4N2O2/c1-32-22(31)13-7-8-14(19(25)10-13)15-11-30(20-6-3-9-29-21(15)20)12-16-17(23(26,27)28)4-2-5-18(16)24/h2-11H,12H2,1H3. The van der Waals surface area contributed by atoms with Gasteiger partial charge in [0.05, 0.1) is 29.3 Å². The Morgan fingerprint density at radius 3 is 2.59 bits per heavy atom. The average Bonchev–Trinajstić information content (AvgIpc) is 3.12. The van der Waals surface area contributed by atoms with Crippen molar-refractivity contribution in [2.45, 2.75) is 12.7 Å². The Bertz CT molecular complexity index is 1330. The minimum Gasteiger partial charge on any atom is -0.465 e. The first-order valence-electron chi connectivity index (χ1n) is 9.37. The molecular formula is C23H15ClF4N2O2. The van der Waals surface area contributed by atoms with E-state index in [0.29, 0.717) is 16.6 Å². The summed E-state index contributed by atoms with van der Waals surface area (Å²) in [5.41, 5.74) is 0.521. The number of carbonyl (C=O) groups excluding carboxylic acids is 1. The number of pyridine rings is 1. The zero-order valence-electron chi connectivity index (χ0n) is 16.6. The third-order valence-electron chi connectivity index (χ3n) is 5.07. The van der Waals surface area contributed by atoms with Gasteiger partial charge in [-0.25, -0.2) is 9.18 Å². The summed E-state index contributed by atoms with van der Waals surface area (Å²) < 4.78 is 61.6. The Hall–Kier alpha value is -3.39. The van der Waals surface area contributed by atoms with E-state index >= 15 is 0 Å². The maximum atomic E-state index is 14.9. The van der Waals surface area contributed by atoms with E-state index in [0.717, 1.165) is 12.1 Å². The molecule has 2 aromatic heterocycles. The third-order valence-corrected chi connectivity index (χ3v) is 5.42. The van der Waals surface area contributed by atoms with Crippen molar-refractivity contribution in [3.63, 3.8) is 0 Å². The lowest BCUT2D eigenvalue weighted by molar-refractivity contribution is -0.138. The Kier molecular flexibility index (Phi) is 5.64. The van der Waals surface area contributed by atoms with Gasteiger partial charge in [-0.1, -0.05) is 23.7 Å². The van der Waals surface area contributed by atoms with Gasteiger partial charge in [0.2, 0.25) is 0 Å². The Morgan fingerprint density at radius 2 is 1.91 bits per heavy atom. The molecule has 32 heavy (non-hydrogen) atoms. The van der Waals surface area contributed by atoms with Crippen molar-refractivity contribution in [2.24, 2.45) is 0 Å². The topological polar surface area (TPSA) is 44.1 Å². The molecule has 4 aromatic rings. The van der Waals surface area contributed by atoms with E-state index in [-0.39, 0.29) is 28.3 Å². The van der Waals surface area contributed by atoms with Gasteiger partial charge < -0.3 is 9.30 Å². The van der Waals surface area contributed by atoms with Crippen molar-refractivity contribution in [1.82, 2.24) is 9.55 Å². The fourth-order valence-electron chi connectivity index (χ4n) is 3.58. The molecule has 9 heteroatoms. The molecule has 2 aromatic carbocycles. The van der Waals surface area contributed by atoms with Gasteiger partial charge in [-0.15, -0.1) is 0 Å². The average molecular weight is 463 g/mol. The second-order valence-electron chi connectivity index (χ2n) is 6.99. The van der Waals surface area contributed by atoms with E-state index in [1.807, 2.05) is 0 Å². The SMILES string of the molecule is COC(=O)c1ccc(-c2cn(Cc3c(Cl)cccc3C(F)(F)F)c3cccnc23)c(F)c1. The molecule has 0 radical (unpaired) electrons. The maximum Gasteiger partial charge on any atom is 0.416 e. The summed E-state index contributed by atoms with van der Waals surface area (Å²) in [7, 11) is 1.19. The molecule has 0 aliphatic rings. The van der Waals surface area contributed by atoms with Crippen LogP contribution in [0.2, 0.25) is 5.02 Å². The first kappa shape index (κ1) is 21.8. The lowest BCUT2D eigenvalue weighted by Gasteiger charge is -2.15. The molecule has 0 bridgehead atoms. The number of hydrogen-bond donors (Lipinski definition) is 0. The number of methoxy groups -OCH3 is 1. The highest BCUT2D eigenvalue weighted by molar-refractivity contribution is 6.31. The zero-order valence-corrected chi connectivity index (χ0v) is 17.3. The number of carbonyl (C=O) groups is 1. The monoisotopic (exact) mass is 462 g/mol. The molecule has 0 aliphatic heterocycles. The molecule has 0 atom stereocenters. The molecule has 4 nitrogen and oxygen atoms in total. The van der Waals surface area contributed by atoms with Crippen molar-refractivity contribution in [3.05, 3.63) is 88.5 Å². The molecule has 0 N–H and O–H groups in total. The molecular weight excluding hydrogens is 448 g/mol. The summed E-state index contributed by atoms with van der Waals surface area (Å²) in [4.78, 5) is 16.0. The van der Waals surface area contributed by atoms with Crippen LogP contribution in [0, 0.1) is 5.82 Å². The second kappa shape index (κ2) is 8.27. The molecule has 0 spiro atoms. The van der Waals surface area contributed by atoms with Crippen LogP contribution in [-0.4, -0.2) is 22.6 Å². The van der Waals surface area contributed by atoms with Gasteiger partial charge in [0.15, 0.2) is 0 Å². The number of benzene rings is 2. The predicted molar refractivity (Wildman–Crippen MR) is 112 cm³/mol. The number of fused-ring (bicyclic) bond motifs is 1. The van der Waals surface area contributed by atoms with Crippen molar-refractivity contribution >= 4 is 28.6 Å². The van der Waals surface area contributed by atoms with Crippen molar-refractivity contribution < 1.29 is 27.1 Å². The van der Waals surface area contributed by atoms with Crippen LogP contribution in [0.15, 0.2) is 60.9 Å². The Balaban J connectivity index is 1.86. The minimum atomic E-state index is -4.58. The van der Waals surface area contributed by atoms with Crippen LogP contribution in [0.5, 0.6) is 0 Å². The highest BCUT2D eigenvalue weighted by Crippen LogP contribution is 2.37. The van der Waals surface area contributed by atoms with Crippen LogP contribution in [0.25, 0.3) is 22.2 Å². The van der Waals surface area contributed by atoms with Crippen molar-refractivity contribution in [1.29, 1.82) is 0 Å². The maximum absolute atomic E-state index is 14.9. The smallest absolute Gasteiger partial charge is 0.416 e. The molecule has 0 fully saturated rings. The summed E-state index contributed by atoms with van der Waals surface area (Å²) in [6.07, 6.45) is -1.55. The number of rotatable bonds is 4. The molecule has 0 amide bonds. The number of aromatic nitrogens is 2. The summed E-state index contributed by atoms with van der Waals surface area (Å²) >= 11 is 6.11. The fourth-order valence-corrected chi connectivity index (χ4v) is 3.82. The number of halogens is 5. The van der Waals surface area contributed by atoms with Gasteiger partial charge in [0.25, 0.3) is 0 Å². The van der Waals surface area contributed by atoms with Crippen LogP contribution in [0.4, 0.5) is 17.6 Å². The molecule has 0 saturated carbocycles. The largest absolute Gasteiger partial charge is 0.465 e. The molecule has 164 valence electrons. The number of hydrogen-bond acceptors (Lipinski definition) is 3. The van der Waals surface area contributed by atoms with Gasteiger partial charge in [-0.3, -0.25) is 4.98 Å². The number of ether oxygens (including phenoxy) is 1. The van der Waals surface area contributed by atoms with E-state index in [9.17, 15) is 22.4 Å². The Labute approximate surface area is 185 Å². The van der Waals surface area contributed by atoms with Gasteiger partial charge >= 0.3 is 12.1 Å². The van der Waals surface area contributed by atoms with E-state index < -0.39 is 23.5 Å². The summed E-state index contributed by atoms with van der Waals surface area (Å²) in [6, 6.07) is 10.8. The van der Waals surface area contributed by atoms with Gasteiger partial charge in [-0.05, 0) is 36.4 Å². The first-order chi connectivity index (χ1) is 15.2. The molecule has 4 rings (SSSR count).